The van der Waals surface area contributed by atoms with Crippen molar-refractivity contribution in [2.75, 3.05) is 26.2 Å². The maximum atomic E-state index is 14.9. The maximum absolute atomic E-state index is 14.9. The van der Waals surface area contributed by atoms with Crippen LogP contribution in [0.3, 0.4) is 0 Å². The summed E-state index contributed by atoms with van der Waals surface area (Å²) in [6.07, 6.45) is -1.06. The smallest absolute Gasteiger partial charge is 0.406 e. The largest absolute Gasteiger partial charge is 0.573 e. The van der Waals surface area contributed by atoms with E-state index in [1.54, 1.807) is 17.7 Å². The van der Waals surface area contributed by atoms with Gasteiger partial charge in [-0.15, -0.1) is 13.2 Å². The number of hydrogen-bond donors (Lipinski definition) is 0. The fraction of sp³-hybridized carbons (Fsp3) is 0.357. The Morgan fingerprint density at radius 1 is 1.05 bits per heavy atom. The summed E-state index contributed by atoms with van der Waals surface area (Å²) in [6, 6.07) is 14.6. The summed E-state index contributed by atoms with van der Waals surface area (Å²) in [5.41, 5.74) is 2.70. The number of piperazine rings is 1. The van der Waals surface area contributed by atoms with Gasteiger partial charge in [0.05, 0.1) is 6.54 Å². The molecule has 0 atom stereocenters. The van der Waals surface area contributed by atoms with Gasteiger partial charge in [0.15, 0.2) is 5.83 Å². The standard InChI is InChI=1S/C28H28F4N4O2/c1-19-15-26(25(29)17-20-5-9-24(10-6-20)38-28(30,31)32)33-36(19)18-21-3-2-4-22(16-21)27(37)35-13-11-34(12-14-35)23-7-8-23/h2-6,9-10,15-17,23H,7-8,11-14,18H2,1H3. The number of carbonyl (C=O) groups excluding carboxylic acids is 1. The monoisotopic (exact) mass is 528 g/mol. The number of benzene rings is 2. The molecule has 2 fully saturated rings. The molecule has 1 aromatic heterocycles. The number of alkyl halides is 3. The van der Waals surface area contributed by atoms with E-state index in [4.69, 9.17) is 0 Å². The van der Waals surface area contributed by atoms with Crippen LogP contribution in [0.2, 0.25) is 0 Å². The van der Waals surface area contributed by atoms with Crippen LogP contribution in [0.1, 0.15) is 45.7 Å². The van der Waals surface area contributed by atoms with E-state index in [0.717, 1.165) is 49.6 Å². The molecule has 2 aliphatic rings. The van der Waals surface area contributed by atoms with Crippen LogP contribution in [0.25, 0.3) is 11.9 Å². The lowest BCUT2D eigenvalue weighted by Gasteiger charge is -2.34. The van der Waals surface area contributed by atoms with E-state index >= 15 is 0 Å². The zero-order valence-electron chi connectivity index (χ0n) is 20.9. The number of hydrogen-bond acceptors (Lipinski definition) is 4. The third-order valence-corrected chi connectivity index (χ3v) is 6.80. The molecular weight excluding hydrogens is 500 g/mol. The van der Waals surface area contributed by atoms with Crippen LogP contribution in [-0.4, -0.2) is 64.1 Å². The zero-order valence-corrected chi connectivity index (χ0v) is 20.9. The number of halogens is 4. The van der Waals surface area contributed by atoms with Crippen LogP contribution in [0.5, 0.6) is 5.75 Å². The van der Waals surface area contributed by atoms with Gasteiger partial charge < -0.3 is 9.64 Å². The minimum atomic E-state index is -4.79. The lowest BCUT2D eigenvalue weighted by atomic mass is 10.1. The van der Waals surface area contributed by atoms with Crippen LogP contribution in [0.4, 0.5) is 17.6 Å². The van der Waals surface area contributed by atoms with E-state index in [-0.39, 0.29) is 17.4 Å². The van der Waals surface area contributed by atoms with Crippen molar-refractivity contribution in [3.8, 4) is 5.75 Å². The van der Waals surface area contributed by atoms with Crippen molar-refractivity contribution in [2.45, 2.75) is 38.7 Å². The van der Waals surface area contributed by atoms with Crippen LogP contribution in [0.15, 0.2) is 54.6 Å². The predicted octanol–water partition coefficient (Wildman–Crippen LogP) is 5.53. The molecule has 10 heteroatoms. The lowest BCUT2D eigenvalue weighted by Crippen LogP contribution is -2.49. The summed E-state index contributed by atoms with van der Waals surface area (Å²) in [7, 11) is 0. The molecule has 1 aliphatic heterocycles. The molecule has 2 aromatic carbocycles. The number of aryl methyl sites for hydroxylation is 1. The van der Waals surface area contributed by atoms with Gasteiger partial charge in [-0.05, 0) is 67.3 Å². The van der Waals surface area contributed by atoms with Crippen molar-refractivity contribution >= 4 is 17.8 Å². The molecule has 0 spiro atoms. The second-order valence-corrected chi connectivity index (χ2v) is 9.70. The number of aromatic nitrogens is 2. The lowest BCUT2D eigenvalue weighted by molar-refractivity contribution is -0.274. The van der Waals surface area contributed by atoms with Crippen molar-refractivity contribution in [1.82, 2.24) is 19.6 Å². The van der Waals surface area contributed by atoms with E-state index in [2.05, 4.69) is 14.7 Å². The Morgan fingerprint density at radius 2 is 1.76 bits per heavy atom. The summed E-state index contributed by atoms with van der Waals surface area (Å²) < 4.78 is 57.4. The highest BCUT2D eigenvalue weighted by atomic mass is 19.4. The first kappa shape index (κ1) is 26.0. The van der Waals surface area contributed by atoms with E-state index in [0.29, 0.717) is 23.7 Å². The normalized spacial score (nSPS) is 17.1. The fourth-order valence-electron chi connectivity index (χ4n) is 4.66. The molecule has 5 rings (SSSR count). The maximum Gasteiger partial charge on any atom is 0.573 e. The first-order valence-electron chi connectivity index (χ1n) is 12.5. The Kier molecular flexibility index (Phi) is 7.25. The van der Waals surface area contributed by atoms with Crippen molar-refractivity contribution in [3.05, 3.63) is 82.7 Å². The molecular formula is C28H28F4N4O2. The van der Waals surface area contributed by atoms with E-state index in [9.17, 15) is 22.4 Å². The van der Waals surface area contributed by atoms with E-state index in [1.165, 1.54) is 31.1 Å². The Morgan fingerprint density at radius 3 is 2.42 bits per heavy atom. The molecule has 6 nitrogen and oxygen atoms in total. The van der Waals surface area contributed by atoms with Crippen molar-refractivity contribution < 1.29 is 27.1 Å². The highest BCUT2D eigenvalue weighted by molar-refractivity contribution is 5.94. The second kappa shape index (κ2) is 10.6. The van der Waals surface area contributed by atoms with E-state index < -0.39 is 12.2 Å². The summed E-state index contributed by atoms with van der Waals surface area (Å²) in [5, 5.41) is 4.36. The fourth-order valence-corrected chi connectivity index (χ4v) is 4.66. The molecule has 0 radical (unpaired) electrons. The quantitative estimate of drug-likeness (QED) is 0.379. The van der Waals surface area contributed by atoms with E-state index in [1.807, 2.05) is 29.2 Å². The Labute approximate surface area is 218 Å². The minimum Gasteiger partial charge on any atom is -0.406 e. The molecule has 1 amide bonds. The molecule has 38 heavy (non-hydrogen) atoms. The predicted molar refractivity (Wildman–Crippen MR) is 135 cm³/mol. The number of carbonyl (C=O) groups is 1. The van der Waals surface area contributed by atoms with Gasteiger partial charge >= 0.3 is 6.36 Å². The van der Waals surface area contributed by atoms with Crippen molar-refractivity contribution in [2.24, 2.45) is 0 Å². The van der Waals surface area contributed by atoms with Crippen LogP contribution in [-0.2, 0) is 6.54 Å². The van der Waals surface area contributed by atoms with Crippen LogP contribution in [0, 0.1) is 6.92 Å². The summed E-state index contributed by atoms with van der Waals surface area (Å²) >= 11 is 0. The molecule has 1 aliphatic carbocycles. The third kappa shape index (κ3) is 6.42. The SMILES string of the molecule is Cc1cc(C(F)=Cc2ccc(OC(F)(F)F)cc2)nn1Cc1cccc(C(=O)N2CCN(C3CC3)CC2)c1. The molecule has 0 N–H and O–H groups in total. The molecule has 200 valence electrons. The second-order valence-electron chi connectivity index (χ2n) is 9.70. The molecule has 0 bridgehead atoms. The van der Waals surface area contributed by atoms with Gasteiger partial charge in [0.1, 0.15) is 11.4 Å². The third-order valence-electron chi connectivity index (χ3n) is 6.80. The first-order chi connectivity index (χ1) is 18.1. The Balaban J connectivity index is 1.24. The zero-order chi connectivity index (χ0) is 26.9. The Hall–Kier alpha value is -3.66. The van der Waals surface area contributed by atoms with Gasteiger partial charge in [0, 0.05) is 43.5 Å². The average molecular weight is 529 g/mol. The van der Waals surface area contributed by atoms with Crippen molar-refractivity contribution in [1.29, 1.82) is 0 Å². The van der Waals surface area contributed by atoms with Gasteiger partial charge in [-0.25, -0.2) is 4.39 Å². The molecule has 0 unspecified atom stereocenters. The molecule has 1 saturated heterocycles. The highest BCUT2D eigenvalue weighted by Gasteiger charge is 2.32. The number of ether oxygens (including phenoxy) is 1. The van der Waals surface area contributed by atoms with Crippen molar-refractivity contribution in [3.63, 3.8) is 0 Å². The van der Waals surface area contributed by atoms with Crippen LogP contribution >= 0.6 is 0 Å². The summed E-state index contributed by atoms with van der Waals surface area (Å²) in [6.45, 7) is 5.45. The number of amides is 1. The van der Waals surface area contributed by atoms with Gasteiger partial charge in [-0.2, -0.15) is 5.10 Å². The molecule has 1 saturated carbocycles. The summed E-state index contributed by atoms with van der Waals surface area (Å²) in [5.74, 6) is -0.983. The van der Waals surface area contributed by atoms with Gasteiger partial charge in [-0.1, -0.05) is 24.3 Å². The number of nitrogens with zero attached hydrogens (tertiary/aromatic N) is 4. The molecule has 2 heterocycles. The first-order valence-corrected chi connectivity index (χ1v) is 12.5. The Bertz CT molecular complexity index is 1320. The van der Waals surface area contributed by atoms with Gasteiger partial charge in [0.2, 0.25) is 0 Å². The van der Waals surface area contributed by atoms with Crippen LogP contribution < -0.4 is 4.74 Å². The summed E-state index contributed by atoms with van der Waals surface area (Å²) in [4.78, 5) is 17.4. The van der Waals surface area contributed by atoms with Gasteiger partial charge in [0.25, 0.3) is 5.91 Å². The average Bonchev–Trinajstić information content (AvgIpc) is 3.67. The minimum absolute atomic E-state index is 0.0146. The highest BCUT2D eigenvalue weighted by Crippen LogP contribution is 2.28. The van der Waals surface area contributed by atoms with Gasteiger partial charge in [-0.3, -0.25) is 14.4 Å². The number of rotatable bonds is 7. The topological polar surface area (TPSA) is 50.6 Å². The molecule has 3 aromatic rings.